The van der Waals surface area contributed by atoms with Crippen LogP contribution in [0.3, 0.4) is 0 Å². The van der Waals surface area contributed by atoms with Crippen LogP contribution in [0.2, 0.25) is 0 Å². The van der Waals surface area contributed by atoms with Crippen molar-refractivity contribution in [1.82, 2.24) is 4.98 Å². The lowest BCUT2D eigenvalue weighted by Gasteiger charge is -2.09. The Hall–Kier alpha value is -3.58. The molecule has 0 aliphatic carbocycles. The van der Waals surface area contributed by atoms with Gasteiger partial charge in [0.25, 0.3) is 0 Å². The molecule has 0 bridgehead atoms. The molecule has 158 valence electrons. The number of ether oxygens (including phenoxy) is 3. The predicted molar refractivity (Wildman–Crippen MR) is 123 cm³/mol. The molecular weight excluding hydrogens is 414 g/mol. The fourth-order valence-corrected chi connectivity index (χ4v) is 3.81. The van der Waals surface area contributed by atoms with Gasteiger partial charge in [-0.15, -0.1) is 11.3 Å². The van der Waals surface area contributed by atoms with E-state index in [1.807, 2.05) is 36.6 Å². The monoisotopic (exact) mass is 435 g/mol. The van der Waals surface area contributed by atoms with Crippen LogP contribution in [-0.2, 0) is 0 Å². The van der Waals surface area contributed by atoms with Crippen LogP contribution in [-0.4, -0.2) is 25.8 Å². The lowest BCUT2D eigenvalue weighted by atomic mass is 10.1. The summed E-state index contributed by atoms with van der Waals surface area (Å²) in [4.78, 5) is 17.6. The second-order valence-corrected chi connectivity index (χ2v) is 7.30. The van der Waals surface area contributed by atoms with Gasteiger partial charge in [-0.2, -0.15) is 0 Å². The number of thiazole rings is 1. The third-order valence-electron chi connectivity index (χ3n) is 4.73. The number of rotatable bonds is 7. The van der Waals surface area contributed by atoms with Crippen molar-refractivity contribution in [3.8, 4) is 28.5 Å². The van der Waals surface area contributed by atoms with Crippen LogP contribution in [0.15, 0.2) is 56.5 Å². The zero-order valence-electron chi connectivity index (χ0n) is 17.4. The highest BCUT2D eigenvalue weighted by atomic mass is 32.1. The summed E-state index contributed by atoms with van der Waals surface area (Å²) < 4.78 is 22.4. The van der Waals surface area contributed by atoms with Crippen molar-refractivity contribution in [1.29, 1.82) is 0 Å². The highest BCUT2D eigenvalue weighted by molar-refractivity contribution is 7.07. The molecule has 2 aromatic heterocycles. The van der Waals surface area contributed by atoms with E-state index < -0.39 is 0 Å². The molecule has 2 aromatic carbocycles. The van der Waals surface area contributed by atoms with Gasteiger partial charge in [0.1, 0.15) is 17.1 Å². The second-order valence-electron chi connectivity index (χ2n) is 6.58. The van der Waals surface area contributed by atoms with Gasteiger partial charge in [-0.1, -0.05) is 12.1 Å². The maximum absolute atomic E-state index is 13.3. The average molecular weight is 436 g/mol. The Bertz CT molecular complexity index is 1290. The van der Waals surface area contributed by atoms with E-state index in [2.05, 4.69) is 4.98 Å². The molecule has 7 heteroatoms. The van der Waals surface area contributed by atoms with Crippen molar-refractivity contribution < 1.29 is 18.6 Å². The van der Waals surface area contributed by atoms with Crippen molar-refractivity contribution in [2.45, 2.75) is 6.92 Å². The smallest absolute Gasteiger partial charge is 0.202 e. The maximum Gasteiger partial charge on any atom is 0.202 e. The first-order chi connectivity index (χ1) is 15.1. The van der Waals surface area contributed by atoms with Crippen molar-refractivity contribution in [2.24, 2.45) is 0 Å². The third-order valence-corrected chi connectivity index (χ3v) is 5.31. The SMILES string of the molecule is CCOc1ccc2c(=O)c(-c3cscn3)c(C=Cc3ccc(OC)c(OC)c3)oc2c1. The molecule has 4 rings (SSSR count). The Kier molecular flexibility index (Phi) is 6.04. The van der Waals surface area contributed by atoms with E-state index in [-0.39, 0.29) is 5.43 Å². The minimum Gasteiger partial charge on any atom is -0.494 e. The first-order valence-electron chi connectivity index (χ1n) is 9.67. The highest BCUT2D eigenvalue weighted by Crippen LogP contribution is 2.30. The molecule has 31 heavy (non-hydrogen) atoms. The van der Waals surface area contributed by atoms with Gasteiger partial charge in [0.15, 0.2) is 11.5 Å². The summed E-state index contributed by atoms with van der Waals surface area (Å²) in [5, 5.41) is 2.31. The first kappa shape index (κ1) is 20.7. The van der Waals surface area contributed by atoms with Crippen molar-refractivity contribution in [3.05, 3.63) is 68.8 Å². The number of aromatic nitrogens is 1. The number of hydrogen-bond acceptors (Lipinski definition) is 7. The molecule has 0 amide bonds. The highest BCUT2D eigenvalue weighted by Gasteiger charge is 2.17. The summed E-state index contributed by atoms with van der Waals surface area (Å²) in [7, 11) is 3.18. The fourth-order valence-electron chi connectivity index (χ4n) is 3.27. The molecule has 0 N–H and O–H groups in total. The summed E-state index contributed by atoms with van der Waals surface area (Å²) in [6.45, 7) is 2.43. The van der Waals surface area contributed by atoms with E-state index in [1.165, 1.54) is 11.3 Å². The van der Waals surface area contributed by atoms with E-state index >= 15 is 0 Å². The minimum absolute atomic E-state index is 0.137. The molecule has 0 atom stereocenters. The van der Waals surface area contributed by atoms with Crippen LogP contribution in [0.4, 0.5) is 0 Å². The zero-order valence-corrected chi connectivity index (χ0v) is 18.2. The summed E-state index contributed by atoms with van der Waals surface area (Å²) in [6.07, 6.45) is 3.62. The Morgan fingerprint density at radius 1 is 1.06 bits per heavy atom. The number of nitrogens with zero attached hydrogens (tertiary/aromatic N) is 1. The van der Waals surface area contributed by atoms with Crippen molar-refractivity contribution >= 4 is 34.5 Å². The van der Waals surface area contributed by atoms with Gasteiger partial charge < -0.3 is 18.6 Å². The average Bonchev–Trinajstić information content (AvgIpc) is 3.32. The van der Waals surface area contributed by atoms with Crippen LogP contribution in [0, 0.1) is 0 Å². The molecule has 0 saturated carbocycles. The largest absolute Gasteiger partial charge is 0.494 e. The fraction of sp³-hybridized carbons (Fsp3) is 0.167. The second kappa shape index (κ2) is 9.06. The van der Waals surface area contributed by atoms with Gasteiger partial charge >= 0.3 is 0 Å². The first-order valence-corrected chi connectivity index (χ1v) is 10.6. The normalized spacial score (nSPS) is 11.2. The van der Waals surface area contributed by atoms with Gasteiger partial charge in [0.05, 0.1) is 43.0 Å². The molecule has 0 aliphatic heterocycles. The van der Waals surface area contributed by atoms with Gasteiger partial charge in [0.2, 0.25) is 5.43 Å². The summed E-state index contributed by atoms with van der Waals surface area (Å²) in [6, 6.07) is 10.8. The minimum atomic E-state index is -0.137. The molecular formula is C24H21NO5S. The van der Waals surface area contributed by atoms with E-state index in [0.717, 1.165) is 5.56 Å². The van der Waals surface area contributed by atoms with Crippen LogP contribution in [0.1, 0.15) is 18.2 Å². The van der Waals surface area contributed by atoms with Gasteiger partial charge in [-0.3, -0.25) is 4.79 Å². The zero-order chi connectivity index (χ0) is 21.8. The topological polar surface area (TPSA) is 70.8 Å². The summed E-state index contributed by atoms with van der Waals surface area (Å²) >= 11 is 1.42. The number of hydrogen-bond donors (Lipinski definition) is 0. The molecule has 0 saturated heterocycles. The molecule has 0 unspecified atom stereocenters. The van der Waals surface area contributed by atoms with Gasteiger partial charge in [-0.25, -0.2) is 4.98 Å². The van der Waals surface area contributed by atoms with Crippen LogP contribution in [0.5, 0.6) is 17.2 Å². The quantitative estimate of drug-likeness (QED) is 0.382. The molecule has 0 fully saturated rings. The number of fused-ring (bicyclic) bond motifs is 1. The Labute approximate surface area is 183 Å². The van der Waals surface area contributed by atoms with Crippen LogP contribution < -0.4 is 19.6 Å². The number of benzene rings is 2. The van der Waals surface area contributed by atoms with E-state index in [1.54, 1.807) is 44.0 Å². The van der Waals surface area contributed by atoms with Crippen molar-refractivity contribution in [2.75, 3.05) is 20.8 Å². The van der Waals surface area contributed by atoms with Crippen LogP contribution >= 0.6 is 11.3 Å². The van der Waals surface area contributed by atoms with Crippen LogP contribution in [0.25, 0.3) is 34.4 Å². The summed E-state index contributed by atoms with van der Waals surface area (Å²) in [5.74, 6) is 2.33. The molecule has 0 spiro atoms. The number of methoxy groups -OCH3 is 2. The van der Waals surface area contributed by atoms with E-state index in [0.29, 0.717) is 51.8 Å². The van der Waals surface area contributed by atoms with Crippen molar-refractivity contribution in [3.63, 3.8) is 0 Å². The Morgan fingerprint density at radius 3 is 2.61 bits per heavy atom. The molecule has 0 radical (unpaired) electrons. The van der Waals surface area contributed by atoms with E-state index in [4.69, 9.17) is 18.6 Å². The Balaban J connectivity index is 1.86. The predicted octanol–water partition coefficient (Wildman–Crippen LogP) is 5.50. The molecule has 6 nitrogen and oxygen atoms in total. The van der Waals surface area contributed by atoms with Gasteiger partial charge in [-0.05, 0) is 42.8 Å². The lowest BCUT2D eigenvalue weighted by molar-refractivity contribution is 0.340. The van der Waals surface area contributed by atoms with Gasteiger partial charge in [0, 0.05) is 11.4 Å². The lowest BCUT2D eigenvalue weighted by Crippen LogP contribution is -2.08. The van der Waals surface area contributed by atoms with E-state index in [9.17, 15) is 4.79 Å². The summed E-state index contributed by atoms with van der Waals surface area (Å²) in [5.41, 5.74) is 3.90. The maximum atomic E-state index is 13.3. The molecule has 0 aliphatic rings. The molecule has 4 aromatic rings. The third kappa shape index (κ3) is 4.18. The standard InChI is InChI=1S/C24H21NO5S/c1-4-29-16-7-8-17-21(12-16)30-20(23(24(17)26)18-13-31-14-25-18)10-6-15-5-9-19(27-2)22(11-15)28-3/h5-14H,4H2,1-3H3. The molecule has 2 heterocycles. The Morgan fingerprint density at radius 2 is 1.90 bits per heavy atom.